The van der Waals surface area contributed by atoms with Crippen LogP contribution in [0.25, 0.3) is 0 Å². The molecule has 0 atom stereocenters. The van der Waals surface area contributed by atoms with Crippen LogP contribution in [0.2, 0.25) is 0 Å². The lowest BCUT2D eigenvalue weighted by Gasteiger charge is -2.06. The van der Waals surface area contributed by atoms with E-state index in [1.165, 1.54) is 15.9 Å². The van der Waals surface area contributed by atoms with Gasteiger partial charge in [-0.1, -0.05) is 26.0 Å². The quantitative estimate of drug-likeness (QED) is 0.753. The maximum absolute atomic E-state index is 12.2. The molecule has 1 aromatic carbocycles. The number of carbonyl (C=O) groups excluding carboxylic acids is 2. The summed E-state index contributed by atoms with van der Waals surface area (Å²) in [6.07, 6.45) is 0.531. The van der Waals surface area contributed by atoms with Crippen molar-refractivity contribution in [2.45, 2.75) is 26.7 Å². The fourth-order valence-electron chi connectivity index (χ4n) is 1.67. The number of carbonyl (C=O) groups is 2. The summed E-state index contributed by atoms with van der Waals surface area (Å²) in [5.41, 5.74) is 0.704. The van der Waals surface area contributed by atoms with E-state index in [1.54, 1.807) is 19.2 Å². The molecular weight excluding hydrogens is 368 g/mol. The van der Waals surface area contributed by atoms with Crippen LogP contribution in [0.4, 0.5) is 5.69 Å². The number of para-hydroxylation sites is 1. The summed E-state index contributed by atoms with van der Waals surface area (Å²) in [5.74, 6) is -0.344. The normalized spacial score (nSPS) is 11.5. The second-order valence-electron chi connectivity index (χ2n) is 4.33. The van der Waals surface area contributed by atoms with Gasteiger partial charge in [-0.15, -0.1) is 11.3 Å². The third-order valence-electron chi connectivity index (χ3n) is 2.80. The Morgan fingerprint density at radius 3 is 2.64 bits per heavy atom. The maximum atomic E-state index is 12.2. The number of aromatic nitrogens is 1. The highest BCUT2D eigenvalue weighted by molar-refractivity contribution is 9.10. The van der Waals surface area contributed by atoms with Crippen molar-refractivity contribution < 1.29 is 14.3 Å². The van der Waals surface area contributed by atoms with E-state index < -0.39 is 0 Å². The summed E-state index contributed by atoms with van der Waals surface area (Å²) in [7, 11) is 0. The van der Waals surface area contributed by atoms with Crippen molar-refractivity contribution in [2.24, 2.45) is 4.99 Å². The summed E-state index contributed by atoms with van der Waals surface area (Å²) < 4.78 is 7.38. The SMILES string of the molecule is CCC(=O)Oc1csc(=Nc2ccccc2Br)n1C(=O)CC. The monoisotopic (exact) mass is 382 g/mol. The second-order valence-corrected chi connectivity index (χ2v) is 6.02. The highest BCUT2D eigenvalue weighted by Gasteiger charge is 2.15. The Labute approximate surface area is 140 Å². The average Bonchev–Trinajstić information content (AvgIpc) is 2.91. The number of esters is 1. The number of hydrogen-bond donors (Lipinski definition) is 0. The van der Waals surface area contributed by atoms with E-state index in [1.807, 2.05) is 24.3 Å². The first-order chi connectivity index (χ1) is 10.6. The van der Waals surface area contributed by atoms with E-state index in [0.717, 1.165) is 4.47 Å². The molecule has 5 nitrogen and oxygen atoms in total. The molecule has 0 amide bonds. The van der Waals surface area contributed by atoms with Gasteiger partial charge in [-0.3, -0.25) is 9.59 Å². The zero-order chi connectivity index (χ0) is 16.1. The van der Waals surface area contributed by atoms with Gasteiger partial charge in [0.1, 0.15) is 0 Å². The Bertz CT molecular complexity index is 764. The molecule has 0 aliphatic rings. The lowest BCUT2D eigenvalue weighted by atomic mass is 10.3. The van der Waals surface area contributed by atoms with Gasteiger partial charge >= 0.3 is 5.97 Å². The maximum Gasteiger partial charge on any atom is 0.312 e. The van der Waals surface area contributed by atoms with Crippen molar-refractivity contribution in [1.82, 2.24) is 4.57 Å². The molecule has 2 aromatic rings. The zero-order valence-electron chi connectivity index (χ0n) is 12.2. The lowest BCUT2D eigenvalue weighted by Crippen LogP contribution is -2.24. The molecule has 116 valence electrons. The van der Waals surface area contributed by atoms with Gasteiger partial charge in [0.2, 0.25) is 11.8 Å². The predicted octanol–water partition coefficient (Wildman–Crippen LogP) is 3.91. The van der Waals surface area contributed by atoms with Crippen molar-refractivity contribution in [2.75, 3.05) is 0 Å². The molecular formula is C15H15BrN2O3S. The minimum atomic E-state index is -0.386. The Kier molecular flexibility index (Phi) is 5.68. The van der Waals surface area contributed by atoms with Crippen LogP contribution in [0, 0.1) is 0 Å². The van der Waals surface area contributed by atoms with Crippen molar-refractivity contribution >= 4 is 44.8 Å². The first kappa shape index (κ1) is 16.6. The van der Waals surface area contributed by atoms with Crippen molar-refractivity contribution in [3.05, 3.63) is 38.9 Å². The second kappa shape index (κ2) is 7.51. The molecule has 0 aliphatic heterocycles. The minimum Gasteiger partial charge on any atom is -0.408 e. The summed E-state index contributed by atoms with van der Waals surface area (Å²) in [5, 5.41) is 1.62. The molecule has 0 unspecified atom stereocenters. The molecule has 2 rings (SSSR count). The first-order valence-electron chi connectivity index (χ1n) is 6.80. The van der Waals surface area contributed by atoms with Crippen LogP contribution in [0.1, 0.15) is 31.5 Å². The zero-order valence-corrected chi connectivity index (χ0v) is 14.6. The molecule has 7 heteroatoms. The number of thiazole rings is 1. The third kappa shape index (κ3) is 3.72. The highest BCUT2D eigenvalue weighted by atomic mass is 79.9. The van der Waals surface area contributed by atoms with E-state index in [2.05, 4.69) is 20.9 Å². The number of halogens is 1. The summed E-state index contributed by atoms with van der Waals surface area (Å²) in [6, 6.07) is 7.46. The highest BCUT2D eigenvalue weighted by Crippen LogP contribution is 2.24. The summed E-state index contributed by atoms with van der Waals surface area (Å²) >= 11 is 4.68. The van der Waals surface area contributed by atoms with Gasteiger partial charge in [0, 0.05) is 17.3 Å². The minimum absolute atomic E-state index is 0.175. The van der Waals surface area contributed by atoms with Crippen LogP contribution < -0.4 is 9.54 Å². The molecule has 0 aliphatic carbocycles. The molecule has 0 bridgehead atoms. The van der Waals surface area contributed by atoms with E-state index in [4.69, 9.17) is 4.74 Å². The van der Waals surface area contributed by atoms with E-state index in [9.17, 15) is 9.59 Å². The van der Waals surface area contributed by atoms with Crippen molar-refractivity contribution in [3.8, 4) is 5.88 Å². The van der Waals surface area contributed by atoms with E-state index in [-0.39, 0.29) is 30.6 Å². The van der Waals surface area contributed by atoms with Gasteiger partial charge in [-0.25, -0.2) is 9.56 Å². The Morgan fingerprint density at radius 1 is 1.27 bits per heavy atom. The molecule has 1 aromatic heterocycles. The largest absolute Gasteiger partial charge is 0.408 e. The van der Waals surface area contributed by atoms with Crippen LogP contribution in [0.5, 0.6) is 5.88 Å². The molecule has 1 heterocycles. The molecule has 0 N–H and O–H groups in total. The van der Waals surface area contributed by atoms with Crippen LogP contribution in [-0.4, -0.2) is 16.4 Å². The smallest absolute Gasteiger partial charge is 0.312 e. The van der Waals surface area contributed by atoms with Crippen molar-refractivity contribution in [1.29, 1.82) is 0 Å². The topological polar surface area (TPSA) is 60.7 Å². The van der Waals surface area contributed by atoms with Crippen molar-refractivity contribution in [3.63, 3.8) is 0 Å². The van der Waals surface area contributed by atoms with Gasteiger partial charge in [0.15, 0.2) is 4.80 Å². The standard InChI is InChI=1S/C15H15BrN2O3S/c1-3-12(19)18-13(21-14(20)4-2)9-22-15(18)17-11-8-6-5-7-10(11)16/h5-9H,3-4H2,1-2H3. The van der Waals surface area contributed by atoms with Gasteiger partial charge < -0.3 is 4.74 Å². The Morgan fingerprint density at radius 2 is 2.00 bits per heavy atom. The fourth-order valence-corrected chi connectivity index (χ4v) is 2.85. The van der Waals surface area contributed by atoms with Gasteiger partial charge in [-0.05, 0) is 28.1 Å². The van der Waals surface area contributed by atoms with Gasteiger partial charge in [-0.2, -0.15) is 0 Å². The number of benzene rings is 1. The van der Waals surface area contributed by atoms with Gasteiger partial charge in [0.25, 0.3) is 0 Å². The number of hydrogen-bond acceptors (Lipinski definition) is 5. The number of rotatable bonds is 4. The molecule has 22 heavy (non-hydrogen) atoms. The third-order valence-corrected chi connectivity index (χ3v) is 4.28. The molecule has 0 fully saturated rings. The van der Waals surface area contributed by atoms with Crippen LogP contribution in [0.3, 0.4) is 0 Å². The Hall–Kier alpha value is -1.73. The predicted molar refractivity (Wildman–Crippen MR) is 88.5 cm³/mol. The lowest BCUT2D eigenvalue weighted by molar-refractivity contribution is -0.134. The van der Waals surface area contributed by atoms with E-state index in [0.29, 0.717) is 10.5 Å². The number of ether oxygens (including phenoxy) is 1. The summed E-state index contributed by atoms with van der Waals surface area (Å²) in [4.78, 5) is 28.6. The van der Waals surface area contributed by atoms with Gasteiger partial charge in [0.05, 0.1) is 11.1 Å². The fraction of sp³-hybridized carbons (Fsp3) is 0.267. The summed E-state index contributed by atoms with van der Waals surface area (Å²) in [6.45, 7) is 3.45. The van der Waals surface area contributed by atoms with Crippen LogP contribution >= 0.6 is 27.3 Å². The molecule has 0 spiro atoms. The first-order valence-corrected chi connectivity index (χ1v) is 8.47. The molecule has 0 radical (unpaired) electrons. The van der Waals surface area contributed by atoms with Crippen LogP contribution in [0.15, 0.2) is 39.1 Å². The molecule has 0 saturated heterocycles. The Balaban J connectivity index is 2.55. The van der Waals surface area contributed by atoms with Crippen LogP contribution in [-0.2, 0) is 4.79 Å². The van der Waals surface area contributed by atoms with E-state index >= 15 is 0 Å². The average molecular weight is 383 g/mol. The molecule has 0 saturated carbocycles. The number of nitrogens with zero attached hydrogens (tertiary/aromatic N) is 2.